The molecule has 0 bridgehead atoms. The normalized spacial score (nSPS) is 10.9. The predicted molar refractivity (Wildman–Crippen MR) is 120 cm³/mol. The van der Waals surface area contributed by atoms with Gasteiger partial charge in [-0.1, -0.05) is 23.7 Å². The molecule has 0 fully saturated rings. The van der Waals surface area contributed by atoms with Gasteiger partial charge in [0.2, 0.25) is 0 Å². The molecular weight excluding hydrogens is 422 g/mol. The second-order valence-electron chi connectivity index (χ2n) is 6.51. The number of carboxylic acids is 1. The van der Waals surface area contributed by atoms with Gasteiger partial charge in [-0.3, -0.25) is 0 Å². The van der Waals surface area contributed by atoms with E-state index in [1.807, 2.05) is 38.1 Å². The first-order valence-corrected chi connectivity index (χ1v) is 10.5. The number of hydrogen-bond acceptors (Lipinski definition) is 6. The third-order valence-corrected chi connectivity index (χ3v) is 6.06. The fraction of sp³-hybridized carbons (Fsp3) is 0.136. The molecule has 6 nitrogen and oxygen atoms in total. The van der Waals surface area contributed by atoms with E-state index in [2.05, 4.69) is 10.3 Å². The minimum Gasteiger partial charge on any atom is -0.494 e. The van der Waals surface area contributed by atoms with E-state index < -0.39 is 5.97 Å². The molecule has 2 heterocycles. The van der Waals surface area contributed by atoms with E-state index in [4.69, 9.17) is 26.4 Å². The molecule has 0 atom stereocenters. The molecule has 0 unspecified atom stereocenters. The van der Waals surface area contributed by atoms with Crippen LogP contribution in [0.3, 0.4) is 0 Å². The van der Waals surface area contributed by atoms with Gasteiger partial charge in [-0.05, 0) is 50.2 Å². The third kappa shape index (κ3) is 3.94. The number of rotatable bonds is 6. The SMILES string of the molecule is CCOc1ccc(Nc2nc(-c3ccc(C(=O)O)cc3)nc3sc(C)c(Cl)c23)cc1. The molecule has 0 aliphatic rings. The van der Waals surface area contributed by atoms with E-state index >= 15 is 0 Å². The van der Waals surface area contributed by atoms with Crippen molar-refractivity contribution in [3.63, 3.8) is 0 Å². The molecule has 2 N–H and O–H groups in total. The Bertz CT molecular complexity index is 1220. The molecule has 0 saturated heterocycles. The minimum absolute atomic E-state index is 0.211. The number of carbonyl (C=O) groups is 1. The smallest absolute Gasteiger partial charge is 0.335 e. The van der Waals surface area contributed by atoms with Crippen molar-refractivity contribution >= 4 is 50.6 Å². The van der Waals surface area contributed by atoms with Gasteiger partial charge in [-0.15, -0.1) is 11.3 Å². The Hall–Kier alpha value is -3.16. The van der Waals surface area contributed by atoms with Crippen LogP contribution in [-0.4, -0.2) is 27.7 Å². The first-order valence-electron chi connectivity index (χ1n) is 9.26. The summed E-state index contributed by atoms with van der Waals surface area (Å²) in [7, 11) is 0. The molecule has 0 aliphatic carbocycles. The summed E-state index contributed by atoms with van der Waals surface area (Å²) in [5.74, 6) is 0.901. The van der Waals surface area contributed by atoms with Crippen molar-refractivity contribution in [2.24, 2.45) is 0 Å². The van der Waals surface area contributed by atoms with Crippen molar-refractivity contribution in [1.29, 1.82) is 0 Å². The van der Waals surface area contributed by atoms with Gasteiger partial charge in [-0.2, -0.15) is 0 Å². The summed E-state index contributed by atoms with van der Waals surface area (Å²) < 4.78 is 5.49. The first-order chi connectivity index (χ1) is 14.5. The molecule has 0 amide bonds. The summed E-state index contributed by atoms with van der Waals surface area (Å²) in [4.78, 5) is 22.2. The summed E-state index contributed by atoms with van der Waals surface area (Å²) in [6, 6.07) is 14.1. The van der Waals surface area contributed by atoms with Crippen molar-refractivity contribution < 1.29 is 14.6 Å². The second kappa shape index (κ2) is 8.30. The van der Waals surface area contributed by atoms with Crippen molar-refractivity contribution in [3.8, 4) is 17.1 Å². The zero-order valence-corrected chi connectivity index (χ0v) is 17.8. The number of nitrogens with zero attached hydrogens (tertiary/aromatic N) is 2. The first kappa shape index (κ1) is 20.1. The predicted octanol–water partition coefficient (Wildman–Crippen LogP) is 6.16. The van der Waals surface area contributed by atoms with E-state index in [9.17, 15) is 4.79 Å². The Balaban J connectivity index is 1.77. The van der Waals surface area contributed by atoms with Crippen LogP contribution in [0.15, 0.2) is 48.5 Å². The lowest BCUT2D eigenvalue weighted by Gasteiger charge is -2.11. The maximum absolute atomic E-state index is 11.1. The zero-order valence-electron chi connectivity index (χ0n) is 16.3. The monoisotopic (exact) mass is 439 g/mol. The van der Waals surface area contributed by atoms with Gasteiger partial charge in [0.25, 0.3) is 0 Å². The fourth-order valence-corrected chi connectivity index (χ4v) is 4.26. The lowest BCUT2D eigenvalue weighted by atomic mass is 10.1. The number of thiophene rings is 1. The standard InChI is InChI=1S/C22H18ClN3O3S/c1-3-29-16-10-8-15(9-11-16)24-20-17-18(23)12(2)30-21(17)26-19(25-20)13-4-6-14(7-5-13)22(27)28/h4-11H,3H2,1-2H3,(H,27,28)(H,24,25,26). The van der Waals surface area contributed by atoms with Crippen LogP contribution in [0.4, 0.5) is 11.5 Å². The Morgan fingerprint density at radius 1 is 1.13 bits per heavy atom. The highest BCUT2D eigenvalue weighted by Gasteiger charge is 2.17. The minimum atomic E-state index is -0.976. The maximum atomic E-state index is 11.1. The zero-order chi connectivity index (χ0) is 21.3. The molecule has 4 rings (SSSR count). The van der Waals surface area contributed by atoms with Crippen LogP contribution < -0.4 is 10.1 Å². The highest BCUT2D eigenvalue weighted by atomic mass is 35.5. The average molecular weight is 440 g/mol. The Morgan fingerprint density at radius 2 is 1.83 bits per heavy atom. The largest absolute Gasteiger partial charge is 0.494 e. The van der Waals surface area contributed by atoms with Crippen molar-refractivity contribution in [2.45, 2.75) is 13.8 Å². The van der Waals surface area contributed by atoms with Gasteiger partial charge in [0.05, 0.1) is 22.6 Å². The van der Waals surface area contributed by atoms with Crippen molar-refractivity contribution in [2.75, 3.05) is 11.9 Å². The van der Waals surface area contributed by atoms with E-state index in [-0.39, 0.29) is 5.56 Å². The summed E-state index contributed by atoms with van der Waals surface area (Å²) in [5, 5.41) is 13.8. The van der Waals surface area contributed by atoms with Gasteiger partial charge >= 0.3 is 5.97 Å². The lowest BCUT2D eigenvalue weighted by molar-refractivity contribution is 0.0697. The molecule has 0 spiro atoms. The van der Waals surface area contributed by atoms with Crippen LogP contribution in [0.5, 0.6) is 5.75 Å². The van der Waals surface area contributed by atoms with Crippen LogP contribution in [-0.2, 0) is 0 Å². The average Bonchev–Trinajstić information content (AvgIpc) is 3.03. The summed E-state index contributed by atoms with van der Waals surface area (Å²) in [5.41, 5.74) is 1.77. The summed E-state index contributed by atoms with van der Waals surface area (Å²) in [6.07, 6.45) is 0. The Morgan fingerprint density at radius 3 is 2.47 bits per heavy atom. The number of hydrogen-bond donors (Lipinski definition) is 2. The highest BCUT2D eigenvalue weighted by Crippen LogP contribution is 2.39. The van der Waals surface area contributed by atoms with Gasteiger partial charge < -0.3 is 15.2 Å². The second-order valence-corrected chi connectivity index (χ2v) is 8.09. The number of nitrogens with one attached hydrogen (secondary N) is 1. The van der Waals surface area contributed by atoms with Crippen LogP contribution in [0.1, 0.15) is 22.2 Å². The molecule has 0 aliphatic heterocycles. The highest BCUT2D eigenvalue weighted by molar-refractivity contribution is 7.19. The molecule has 30 heavy (non-hydrogen) atoms. The molecule has 4 aromatic rings. The van der Waals surface area contributed by atoms with E-state index in [0.29, 0.717) is 23.3 Å². The molecule has 2 aromatic carbocycles. The topological polar surface area (TPSA) is 84.3 Å². The van der Waals surface area contributed by atoms with Crippen LogP contribution >= 0.6 is 22.9 Å². The Labute approximate surface area is 182 Å². The number of aromatic carboxylic acids is 1. The third-order valence-electron chi connectivity index (χ3n) is 4.47. The summed E-state index contributed by atoms with van der Waals surface area (Å²) >= 11 is 8.03. The number of benzene rings is 2. The molecule has 8 heteroatoms. The lowest BCUT2D eigenvalue weighted by Crippen LogP contribution is -1.99. The van der Waals surface area contributed by atoms with Crippen molar-refractivity contribution in [3.05, 3.63) is 64.0 Å². The van der Waals surface area contributed by atoms with E-state index in [1.54, 1.807) is 12.1 Å². The summed E-state index contributed by atoms with van der Waals surface area (Å²) in [6.45, 7) is 4.49. The van der Waals surface area contributed by atoms with Gasteiger partial charge in [0.1, 0.15) is 16.4 Å². The molecular formula is C22H18ClN3O3S. The Kier molecular flexibility index (Phi) is 5.57. The number of carboxylic acid groups (broad SMARTS) is 1. The quantitative estimate of drug-likeness (QED) is 0.374. The van der Waals surface area contributed by atoms with Crippen LogP contribution in [0.25, 0.3) is 21.6 Å². The molecule has 152 valence electrons. The number of aromatic nitrogens is 2. The van der Waals surface area contributed by atoms with Gasteiger partial charge in [0.15, 0.2) is 5.82 Å². The van der Waals surface area contributed by atoms with Gasteiger partial charge in [0, 0.05) is 16.1 Å². The number of ether oxygens (including phenoxy) is 1. The molecule has 0 saturated carbocycles. The molecule has 0 radical (unpaired) electrons. The molecule has 2 aromatic heterocycles. The van der Waals surface area contributed by atoms with E-state index in [0.717, 1.165) is 32.1 Å². The number of fused-ring (bicyclic) bond motifs is 1. The van der Waals surface area contributed by atoms with Crippen LogP contribution in [0, 0.1) is 6.92 Å². The number of aryl methyl sites for hydroxylation is 1. The number of halogens is 1. The maximum Gasteiger partial charge on any atom is 0.335 e. The van der Waals surface area contributed by atoms with Crippen LogP contribution in [0.2, 0.25) is 5.02 Å². The number of anilines is 2. The van der Waals surface area contributed by atoms with Gasteiger partial charge in [-0.25, -0.2) is 14.8 Å². The fourth-order valence-electron chi connectivity index (χ4n) is 3.00. The van der Waals surface area contributed by atoms with Crippen molar-refractivity contribution in [1.82, 2.24) is 9.97 Å². The van der Waals surface area contributed by atoms with E-state index in [1.165, 1.54) is 23.5 Å².